The van der Waals surface area contributed by atoms with E-state index in [0.717, 1.165) is 6.54 Å². The largest absolute Gasteiger partial charge is 0.308 e. The summed E-state index contributed by atoms with van der Waals surface area (Å²) in [5.74, 6) is 0. The summed E-state index contributed by atoms with van der Waals surface area (Å²) in [5, 5.41) is 4.97. The number of hydrogen-bond donors (Lipinski definition) is 1. The molecule has 19 heavy (non-hydrogen) atoms. The lowest BCUT2D eigenvalue weighted by molar-refractivity contribution is 0.0845. The van der Waals surface area contributed by atoms with Crippen LogP contribution in [0, 0.1) is 24.7 Å². The lowest BCUT2D eigenvalue weighted by atomic mass is 9.63. The van der Waals surface area contributed by atoms with E-state index in [1.165, 1.54) is 34.8 Å². The summed E-state index contributed by atoms with van der Waals surface area (Å²) in [6.45, 7) is 14.8. The van der Waals surface area contributed by atoms with Crippen molar-refractivity contribution in [3.63, 3.8) is 0 Å². The van der Waals surface area contributed by atoms with Gasteiger partial charge < -0.3 is 5.32 Å². The predicted octanol–water partition coefficient (Wildman–Crippen LogP) is 4.45. The smallest absolute Gasteiger partial charge is 0.107 e. The summed E-state index contributed by atoms with van der Waals surface area (Å²) < 4.78 is 0. The zero-order valence-electron chi connectivity index (χ0n) is 13.3. The highest BCUT2D eigenvalue weighted by Crippen LogP contribution is 2.45. The summed E-state index contributed by atoms with van der Waals surface area (Å²) in [7, 11) is 0. The van der Waals surface area contributed by atoms with E-state index < -0.39 is 0 Å². The Morgan fingerprint density at radius 2 is 1.74 bits per heavy atom. The molecule has 0 bridgehead atoms. The van der Waals surface area contributed by atoms with Gasteiger partial charge in [-0.3, -0.25) is 0 Å². The number of rotatable bonds is 3. The van der Waals surface area contributed by atoms with Gasteiger partial charge in [0, 0.05) is 17.5 Å². The Kier molecular flexibility index (Phi) is 4.08. The molecule has 0 atom stereocenters. The third-order valence-electron chi connectivity index (χ3n) is 4.17. The highest BCUT2D eigenvalue weighted by atomic mass is 32.1. The van der Waals surface area contributed by atoms with Gasteiger partial charge in [-0.1, -0.05) is 27.7 Å². The number of aromatic nitrogens is 1. The van der Waals surface area contributed by atoms with Crippen LogP contribution in [0.3, 0.4) is 0 Å². The Bertz CT molecular complexity index is 410. The SMILES string of the molecule is Cc1nc(CNC2CC(C)(C)CC(C)(C)C2)sc1C. The molecule has 3 heteroatoms. The van der Waals surface area contributed by atoms with Crippen molar-refractivity contribution in [3.8, 4) is 0 Å². The fraction of sp³-hybridized carbons (Fsp3) is 0.812. The molecule has 0 saturated heterocycles. The van der Waals surface area contributed by atoms with E-state index in [1.807, 2.05) is 11.3 Å². The van der Waals surface area contributed by atoms with Crippen molar-refractivity contribution in [2.24, 2.45) is 10.8 Å². The van der Waals surface area contributed by atoms with Crippen molar-refractivity contribution in [2.75, 3.05) is 0 Å². The van der Waals surface area contributed by atoms with E-state index in [4.69, 9.17) is 0 Å². The van der Waals surface area contributed by atoms with Crippen molar-refractivity contribution in [2.45, 2.75) is 73.4 Å². The van der Waals surface area contributed by atoms with Crippen LogP contribution in [0.1, 0.15) is 62.5 Å². The van der Waals surface area contributed by atoms with Crippen LogP contribution in [0.4, 0.5) is 0 Å². The first kappa shape index (κ1) is 15.0. The summed E-state index contributed by atoms with van der Waals surface area (Å²) >= 11 is 1.83. The summed E-state index contributed by atoms with van der Waals surface area (Å²) in [4.78, 5) is 5.97. The second kappa shape index (κ2) is 5.17. The van der Waals surface area contributed by atoms with Crippen molar-refractivity contribution in [1.82, 2.24) is 10.3 Å². The van der Waals surface area contributed by atoms with Crippen LogP contribution in [0.2, 0.25) is 0 Å². The molecule has 1 N–H and O–H groups in total. The fourth-order valence-corrected chi connectivity index (χ4v) is 4.72. The average Bonchev–Trinajstić information content (AvgIpc) is 2.51. The summed E-state index contributed by atoms with van der Waals surface area (Å²) in [6.07, 6.45) is 3.88. The third-order valence-corrected chi connectivity index (χ3v) is 5.24. The molecule has 1 aliphatic rings. The molecular weight excluding hydrogens is 252 g/mol. The fourth-order valence-electron chi connectivity index (χ4n) is 3.84. The average molecular weight is 280 g/mol. The van der Waals surface area contributed by atoms with E-state index in [9.17, 15) is 0 Å². The molecule has 0 aromatic carbocycles. The van der Waals surface area contributed by atoms with Crippen molar-refractivity contribution in [3.05, 3.63) is 15.6 Å². The maximum absolute atomic E-state index is 4.62. The van der Waals surface area contributed by atoms with Gasteiger partial charge in [-0.25, -0.2) is 4.98 Å². The van der Waals surface area contributed by atoms with Gasteiger partial charge in [0.1, 0.15) is 5.01 Å². The normalized spacial score (nSPS) is 22.6. The molecule has 1 aromatic heterocycles. The highest BCUT2D eigenvalue weighted by Gasteiger charge is 2.38. The van der Waals surface area contributed by atoms with E-state index in [1.54, 1.807) is 0 Å². The molecule has 2 rings (SSSR count). The van der Waals surface area contributed by atoms with Gasteiger partial charge in [0.25, 0.3) is 0 Å². The minimum atomic E-state index is 0.453. The first-order valence-corrected chi connectivity index (χ1v) is 8.15. The first-order valence-electron chi connectivity index (χ1n) is 7.33. The lowest BCUT2D eigenvalue weighted by Crippen LogP contribution is -2.43. The van der Waals surface area contributed by atoms with E-state index in [0.29, 0.717) is 16.9 Å². The maximum atomic E-state index is 4.62. The standard InChI is InChI=1S/C16H28N2S/c1-11-12(2)19-14(18-11)9-17-13-7-15(3,4)10-16(5,6)8-13/h13,17H,7-10H2,1-6H3. The van der Waals surface area contributed by atoms with Crippen LogP contribution < -0.4 is 5.32 Å². The van der Waals surface area contributed by atoms with E-state index in [-0.39, 0.29) is 0 Å². The van der Waals surface area contributed by atoms with Gasteiger partial charge in [-0.15, -0.1) is 11.3 Å². The zero-order chi connectivity index (χ0) is 14.3. The minimum Gasteiger partial charge on any atom is -0.308 e. The molecule has 1 heterocycles. The zero-order valence-corrected chi connectivity index (χ0v) is 14.1. The van der Waals surface area contributed by atoms with Gasteiger partial charge in [-0.2, -0.15) is 0 Å². The number of nitrogens with zero attached hydrogens (tertiary/aromatic N) is 1. The second-order valence-electron chi connectivity index (χ2n) is 7.74. The lowest BCUT2D eigenvalue weighted by Gasteiger charge is -2.45. The molecule has 1 saturated carbocycles. The Labute approximate surface area is 122 Å². The monoisotopic (exact) mass is 280 g/mol. The molecule has 0 spiro atoms. The predicted molar refractivity (Wildman–Crippen MR) is 83.6 cm³/mol. The second-order valence-corrected chi connectivity index (χ2v) is 9.03. The molecule has 1 aromatic rings. The minimum absolute atomic E-state index is 0.453. The maximum Gasteiger partial charge on any atom is 0.107 e. The Morgan fingerprint density at radius 3 is 2.21 bits per heavy atom. The molecule has 0 aliphatic heterocycles. The molecule has 1 aliphatic carbocycles. The molecule has 0 amide bonds. The van der Waals surface area contributed by atoms with Crippen molar-refractivity contribution < 1.29 is 0 Å². The third kappa shape index (κ3) is 4.03. The topological polar surface area (TPSA) is 24.9 Å². The number of hydrogen-bond acceptors (Lipinski definition) is 3. The van der Waals surface area contributed by atoms with Crippen LogP contribution in [0.5, 0.6) is 0 Å². The quantitative estimate of drug-likeness (QED) is 0.884. The summed E-state index contributed by atoms with van der Waals surface area (Å²) in [6, 6.07) is 0.628. The molecule has 108 valence electrons. The van der Waals surface area contributed by atoms with Crippen LogP contribution >= 0.6 is 11.3 Å². The van der Waals surface area contributed by atoms with Crippen LogP contribution in [-0.4, -0.2) is 11.0 Å². The van der Waals surface area contributed by atoms with Crippen molar-refractivity contribution >= 4 is 11.3 Å². The molecule has 0 radical (unpaired) electrons. The van der Waals surface area contributed by atoms with E-state index >= 15 is 0 Å². The molecule has 2 nitrogen and oxygen atoms in total. The number of thiazole rings is 1. The Morgan fingerprint density at radius 1 is 1.16 bits per heavy atom. The van der Waals surface area contributed by atoms with Gasteiger partial charge in [0.05, 0.1) is 5.69 Å². The van der Waals surface area contributed by atoms with Crippen LogP contribution in [0.15, 0.2) is 0 Å². The summed E-state index contributed by atoms with van der Waals surface area (Å²) in [5.41, 5.74) is 2.09. The number of nitrogens with one attached hydrogen (secondary N) is 1. The Hall–Kier alpha value is -0.410. The molecule has 0 unspecified atom stereocenters. The van der Waals surface area contributed by atoms with Gasteiger partial charge in [0.2, 0.25) is 0 Å². The van der Waals surface area contributed by atoms with Crippen molar-refractivity contribution in [1.29, 1.82) is 0 Å². The van der Waals surface area contributed by atoms with Crippen LogP contribution in [-0.2, 0) is 6.54 Å². The van der Waals surface area contributed by atoms with Gasteiger partial charge >= 0.3 is 0 Å². The van der Waals surface area contributed by atoms with Gasteiger partial charge in [0.15, 0.2) is 0 Å². The highest BCUT2D eigenvalue weighted by molar-refractivity contribution is 7.11. The molecular formula is C16H28N2S. The Balaban J connectivity index is 1.95. The first-order chi connectivity index (χ1) is 8.67. The van der Waals surface area contributed by atoms with E-state index in [2.05, 4.69) is 51.8 Å². The molecule has 1 fully saturated rings. The number of aryl methyl sites for hydroxylation is 2. The van der Waals surface area contributed by atoms with Gasteiger partial charge in [-0.05, 0) is 43.9 Å². The van der Waals surface area contributed by atoms with Crippen LogP contribution in [0.25, 0.3) is 0 Å².